The second kappa shape index (κ2) is 8.33. The molecule has 1 heterocycles. The van der Waals surface area contributed by atoms with Crippen LogP contribution in [0.3, 0.4) is 0 Å². The standard InChI is InChI=1S/C17H23NO6S/c1-3-23-15-7-5-4-6-14(15)18-17(20)12(2)24-16(19)10-13-8-9-25(21,22)11-13/h4-7,12-13H,3,8-11H2,1-2H3,(H,18,20). The SMILES string of the molecule is CCOc1ccccc1NC(=O)C(C)OC(=O)CC1CCS(=O)(=O)C1. The molecule has 1 fully saturated rings. The molecule has 1 N–H and O–H groups in total. The molecule has 2 unspecified atom stereocenters. The number of rotatable bonds is 7. The summed E-state index contributed by atoms with van der Waals surface area (Å²) in [5.41, 5.74) is 0.499. The molecule has 0 bridgehead atoms. The van der Waals surface area contributed by atoms with Crippen LogP contribution in [0.4, 0.5) is 5.69 Å². The van der Waals surface area contributed by atoms with Crippen LogP contribution in [0, 0.1) is 5.92 Å². The van der Waals surface area contributed by atoms with Crippen molar-refractivity contribution in [2.24, 2.45) is 5.92 Å². The molecule has 1 aliphatic rings. The van der Waals surface area contributed by atoms with Gasteiger partial charge in [0.1, 0.15) is 5.75 Å². The number of carbonyl (C=O) groups excluding carboxylic acids is 2. The predicted octanol–water partition coefficient (Wildman–Crippen LogP) is 1.78. The van der Waals surface area contributed by atoms with E-state index in [0.29, 0.717) is 24.5 Å². The van der Waals surface area contributed by atoms with Crippen LogP contribution in [0.25, 0.3) is 0 Å². The predicted molar refractivity (Wildman–Crippen MR) is 93.2 cm³/mol. The zero-order valence-electron chi connectivity index (χ0n) is 14.4. The number of nitrogens with one attached hydrogen (secondary N) is 1. The van der Waals surface area contributed by atoms with E-state index in [1.165, 1.54) is 6.92 Å². The third-order valence-corrected chi connectivity index (χ3v) is 5.74. The van der Waals surface area contributed by atoms with Gasteiger partial charge >= 0.3 is 5.97 Å². The van der Waals surface area contributed by atoms with Gasteiger partial charge in [-0.1, -0.05) is 12.1 Å². The summed E-state index contributed by atoms with van der Waals surface area (Å²) in [6.45, 7) is 3.77. The maximum atomic E-state index is 12.2. The van der Waals surface area contributed by atoms with Crippen LogP contribution >= 0.6 is 0 Å². The van der Waals surface area contributed by atoms with Crippen molar-refractivity contribution >= 4 is 27.4 Å². The van der Waals surface area contributed by atoms with Crippen molar-refractivity contribution in [3.8, 4) is 5.75 Å². The Kier molecular flexibility index (Phi) is 6.41. The van der Waals surface area contributed by atoms with Gasteiger partial charge < -0.3 is 14.8 Å². The van der Waals surface area contributed by atoms with E-state index in [0.717, 1.165) is 0 Å². The summed E-state index contributed by atoms with van der Waals surface area (Å²) >= 11 is 0. The van der Waals surface area contributed by atoms with Crippen molar-refractivity contribution in [3.63, 3.8) is 0 Å². The Morgan fingerprint density at radius 3 is 2.68 bits per heavy atom. The Morgan fingerprint density at radius 2 is 2.04 bits per heavy atom. The highest BCUT2D eigenvalue weighted by molar-refractivity contribution is 7.91. The van der Waals surface area contributed by atoms with Crippen LogP contribution in [0.1, 0.15) is 26.7 Å². The maximum Gasteiger partial charge on any atom is 0.306 e. The van der Waals surface area contributed by atoms with Crippen molar-refractivity contribution in [2.45, 2.75) is 32.8 Å². The van der Waals surface area contributed by atoms with Gasteiger partial charge in [-0.15, -0.1) is 0 Å². The topological polar surface area (TPSA) is 98.8 Å². The monoisotopic (exact) mass is 369 g/mol. The van der Waals surface area contributed by atoms with Gasteiger partial charge in [0.15, 0.2) is 15.9 Å². The molecule has 2 atom stereocenters. The molecule has 25 heavy (non-hydrogen) atoms. The number of para-hydroxylation sites is 2. The summed E-state index contributed by atoms with van der Waals surface area (Å²) in [6.07, 6.45) is -0.522. The van der Waals surface area contributed by atoms with E-state index in [1.54, 1.807) is 24.3 Å². The van der Waals surface area contributed by atoms with Gasteiger partial charge in [0, 0.05) is 6.42 Å². The number of hydrogen-bond acceptors (Lipinski definition) is 6. The fraction of sp³-hybridized carbons (Fsp3) is 0.529. The second-order valence-electron chi connectivity index (χ2n) is 6.02. The van der Waals surface area contributed by atoms with Crippen LogP contribution < -0.4 is 10.1 Å². The maximum absolute atomic E-state index is 12.2. The molecule has 0 radical (unpaired) electrons. The molecule has 7 nitrogen and oxygen atoms in total. The average Bonchev–Trinajstić information content (AvgIpc) is 2.87. The third-order valence-electron chi connectivity index (χ3n) is 3.90. The molecule has 1 aliphatic heterocycles. The van der Waals surface area contributed by atoms with Crippen LogP contribution in [0.2, 0.25) is 0 Å². The van der Waals surface area contributed by atoms with E-state index in [-0.39, 0.29) is 23.8 Å². The Bertz CT molecular complexity index is 730. The summed E-state index contributed by atoms with van der Waals surface area (Å²) < 4.78 is 33.4. The lowest BCUT2D eigenvalue weighted by molar-refractivity contribution is -0.153. The second-order valence-corrected chi connectivity index (χ2v) is 8.25. The number of esters is 1. The summed E-state index contributed by atoms with van der Waals surface area (Å²) in [5.74, 6) is -0.624. The van der Waals surface area contributed by atoms with Gasteiger partial charge in [0.05, 0.1) is 23.8 Å². The van der Waals surface area contributed by atoms with E-state index >= 15 is 0 Å². The molecule has 0 saturated carbocycles. The molecule has 1 aromatic carbocycles. The molecule has 0 aromatic heterocycles. The fourth-order valence-electron chi connectivity index (χ4n) is 2.65. The largest absolute Gasteiger partial charge is 0.492 e. The number of ether oxygens (including phenoxy) is 2. The smallest absolute Gasteiger partial charge is 0.306 e. The molecule has 8 heteroatoms. The first kappa shape index (κ1) is 19.2. The first-order valence-corrected chi connectivity index (χ1v) is 10.1. The van der Waals surface area contributed by atoms with Gasteiger partial charge in [-0.05, 0) is 38.3 Å². The number of anilines is 1. The van der Waals surface area contributed by atoms with E-state index < -0.39 is 27.8 Å². The highest BCUT2D eigenvalue weighted by Crippen LogP contribution is 2.24. The lowest BCUT2D eigenvalue weighted by atomic mass is 10.1. The summed E-state index contributed by atoms with van der Waals surface area (Å²) in [6, 6.07) is 6.98. The fourth-order valence-corrected chi connectivity index (χ4v) is 4.52. The van der Waals surface area contributed by atoms with Gasteiger partial charge in [0.25, 0.3) is 5.91 Å². The lowest BCUT2D eigenvalue weighted by Gasteiger charge is -2.16. The number of carbonyl (C=O) groups is 2. The van der Waals surface area contributed by atoms with Gasteiger partial charge in [-0.3, -0.25) is 9.59 Å². The number of sulfone groups is 1. The van der Waals surface area contributed by atoms with Crippen molar-refractivity contribution < 1.29 is 27.5 Å². The minimum atomic E-state index is -3.04. The van der Waals surface area contributed by atoms with Crippen LogP contribution in [-0.4, -0.2) is 44.5 Å². The summed E-state index contributed by atoms with van der Waals surface area (Å²) in [4.78, 5) is 24.1. The van der Waals surface area contributed by atoms with Crippen LogP contribution in [-0.2, 0) is 24.2 Å². The van der Waals surface area contributed by atoms with Crippen molar-refractivity contribution in [3.05, 3.63) is 24.3 Å². The Morgan fingerprint density at radius 1 is 1.32 bits per heavy atom. The Labute approximate surface area is 147 Å². The highest BCUT2D eigenvalue weighted by atomic mass is 32.2. The zero-order chi connectivity index (χ0) is 18.4. The normalized spacial score (nSPS) is 19.8. The number of benzene rings is 1. The molecule has 1 saturated heterocycles. The highest BCUT2D eigenvalue weighted by Gasteiger charge is 2.30. The van der Waals surface area contributed by atoms with Gasteiger partial charge in [0.2, 0.25) is 0 Å². The first-order valence-electron chi connectivity index (χ1n) is 8.23. The molecule has 1 amide bonds. The molecule has 1 aromatic rings. The van der Waals surface area contributed by atoms with Gasteiger partial charge in [-0.25, -0.2) is 8.42 Å². The van der Waals surface area contributed by atoms with Crippen LogP contribution in [0.5, 0.6) is 5.75 Å². The average molecular weight is 369 g/mol. The Balaban J connectivity index is 1.87. The molecule has 2 rings (SSSR count). The summed E-state index contributed by atoms with van der Waals surface area (Å²) in [5, 5.41) is 2.67. The van der Waals surface area contributed by atoms with E-state index in [4.69, 9.17) is 9.47 Å². The Hall–Kier alpha value is -2.09. The minimum Gasteiger partial charge on any atom is -0.492 e. The third kappa shape index (κ3) is 5.74. The molecule has 0 spiro atoms. The van der Waals surface area contributed by atoms with E-state index in [2.05, 4.69) is 5.32 Å². The van der Waals surface area contributed by atoms with Crippen molar-refractivity contribution in [1.29, 1.82) is 0 Å². The zero-order valence-corrected chi connectivity index (χ0v) is 15.2. The van der Waals surface area contributed by atoms with Crippen LogP contribution in [0.15, 0.2) is 24.3 Å². The lowest BCUT2D eigenvalue weighted by Crippen LogP contribution is -2.30. The number of hydrogen-bond donors (Lipinski definition) is 1. The van der Waals surface area contributed by atoms with E-state index in [1.807, 2.05) is 6.92 Å². The first-order chi connectivity index (χ1) is 11.8. The molecule has 138 valence electrons. The molecular weight excluding hydrogens is 346 g/mol. The van der Waals surface area contributed by atoms with Gasteiger partial charge in [-0.2, -0.15) is 0 Å². The number of amides is 1. The quantitative estimate of drug-likeness (QED) is 0.736. The minimum absolute atomic E-state index is 0.00437. The molecular formula is C17H23NO6S. The van der Waals surface area contributed by atoms with Crippen molar-refractivity contribution in [2.75, 3.05) is 23.4 Å². The van der Waals surface area contributed by atoms with Crippen molar-refractivity contribution in [1.82, 2.24) is 0 Å². The van der Waals surface area contributed by atoms with E-state index in [9.17, 15) is 18.0 Å². The summed E-state index contributed by atoms with van der Waals surface area (Å²) in [7, 11) is -3.04. The molecule has 0 aliphatic carbocycles.